The molecule has 2 heterocycles. The van der Waals surface area contributed by atoms with E-state index in [4.69, 9.17) is 0 Å². The fourth-order valence-electron chi connectivity index (χ4n) is 3.81. The van der Waals surface area contributed by atoms with Crippen LogP contribution in [0, 0.1) is 17.4 Å². The lowest BCUT2D eigenvalue weighted by molar-refractivity contribution is -0.137. The summed E-state index contributed by atoms with van der Waals surface area (Å²) >= 11 is 2.85. The molecular formula is C25H19F3IN3O3S. The standard InChI is InChI=1S/C25H19F3IN3O3S/c1-14-10-16(15(2)32(14)20-5-3-4-17(12-20)25(26,27)28)11-21-23(34)31(24(35)36-21)13-22(33)30-19-8-6-18(29)7-9-19/h3-12H,13H2,1-2H3,(H,30,33)/b21-11-. The topological polar surface area (TPSA) is 71.4 Å². The van der Waals surface area contributed by atoms with Crippen LogP contribution in [0.2, 0.25) is 0 Å². The number of rotatable bonds is 5. The smallest absolute Gasteiger partial charge is 0.325 e. The number of amides is 3. The van der Waals surface area contributed by atoms with E-state index in [1.165, 1.54) is 12.1 Å². The fraction of sp³-hybridized carbons (Fsp3) is 0.160. The molecule has 1 saturated heterocycles. The van der Waals surface area contributed by atoms with Crippen LogP contribution in [0.15, 0.2) is 59.5 Å². The number of thioether (sulfide) groups is 1. The van der Waals surface area contributed by atoms with Gasteiger partial charge in [-0.05, 0) is 108 Å². The first kappa shape index (κ1) is 26.0. The Balaban J connectivity index is 1.55. The molecule has 1 aliphatic heterocycles. The van der Waals surface area contributed by atoms with E-state index in [9.17, 15) is 27.6 Å². The number of aromatic nitrogens is 1. The predicted molar refractivity (Wildman–Crippen MR) is 141 cm³/mol. The number of aryl methyl sites for hydroxylation is 1. The Morgan fingerprint density at radius 1 is 1.08 bits per heavy atom. The average Bonchev–Trinajstić information content (AvgIpc) is 3.24. The van der Waals surface area contributed by atoms with Crippen LogP contribution >= 0.6 is 34.4 Å². The van der Waals surface area contributed by atoms with Crippen molar-refractivity contribution in [3.05, 3.63) is 85.6 Å². The van der Waals surface area contributed by atoms with Crippen LogP contribution in [0.25, 0.3) is 11.8 Å². The van der Waals surface area contributed by atoms with Crippen LogP contribution in [0.1, 0.15) is 22.5 Å². The molecule has 186 valence electrons. The second kappa shape index (κ2) is 10.1. The average molecular weight is 625 g/mol. The molecule has 0 radical (unpaired) electrons. The number of imide groups is 1. The van der Waals surface area contributed by atoms with E-state index < -0.39 is 35.3 Å². The summed E-state index contributed by atoms with van der Waals surface area (Å²) in [6.07, 6.45) is -2.95. The third-order valence-electron chi connectivity index (χ3n) is 5.49. The first-order valence-electron chi connectivity index (χ1n) is 10.6. The largest absolute Gasteiger partial charge is 0.416 e. The summed E-state index contributed by atoms with van der Waals surface area (Å²) in [5.74, 6) is -1.12. The van der Waals surface area contributed by atoms with Gasteiger partial charge in [-0.1, -0.05) is 6.07 Å². The van der Waals surface area contributed by atoms with Crippen molar-refractivity contribution in [3.63, 3.8) is 0 Å². The number of halogens is 4. The molecule has 0 bridgehead atoms. The lowest BCUT2D eigenvalue weighted by atomic mass is 10.2. The maximum atomic E-state index is 13.2. The van der Waals surface area contributed by atoms with Crippen LogP contribution in [0.5, 0.6) is 0 Å². The zero-order valence-electron chi connectivity index (χ0n) is 19.0. The number of benzene rings is 2. The molecule has 4 rings (SSSR count). The fourth-order valence-corrected chi connectivity index (χ4v) is 5.00. The van der Waals surface area contributed by atoms with Gasteiger partial charge in [-0.15, -0.1) is 0 Å². The normalized spacial score (nSPS) is 15.2. The van der Waals surface area contributed by atoms with E-state index in [-0.39, 0.29) is 4.91 Å². The van der Waals surface area contributed by atoms with Crippen molar-refractivity contribution in [2.24, 2.45) is 0 Å². The third-order valence-corrected chi connectivity index (χ3v) is 7.12. The molecular weight excluding hydrogens is 606 g/mol. The number of carbonyl (C=O) groups excluding carboxylic acids is 3. The Kier molecular flexibility index (Phi) is 7.32. The van der Waals surface area contributed by atoms with Gasteiger partial charge in [0, 0.05) is 26.3 Å². The highest BCUT2D eigenvalue weighted by molar-refractivity contribution is 14.1. The summed E-state index contributed by atoms with van der Waals surface area (Å²) < 4.78 is 42.2. The minimum atomic E-state index is -4.47. The Hall–Kier alpha value is -3.06. The van der Waals surface area contributed by atoms with Gasteiger partial charge >= 0.3 is 6.18 Å². The summed E-state index contributed by atoms with van der Waals surface area (Å²) in [5.41, 5.74) is 1.96. The van der Waals surface area contributed by atoms with Crippen LogP contribution in [0.4, 0.5) is 23.7 Å². The zero-order valence-corrected chi connectivity index (χ0v) is 22.0. The van der Waals surface area contributed by atoms with Gasteiger partial charge in [-0.2, -0.15) is 13.2 Å². The van der Waals surface area contributed by atoms with E-state index in [1.807, 2.05) is 12.1 Å². The van der Waals surface area contributed by atoms with E-state index >= 15 is 0 Å². The van der Waals surface area contributed by atoms with Crippen molar-refractivity contribution in [1.82, 2.24) is 9.47 Å². The number of hydrogen-bond acceptors (Lipinski definition) is 4. The first-order chi connectivity index (χ1) is 16.9. The van der Waals surface area contributed by atoms with E-state index in [1.54, 1.807) is 42.7 Å². The number of hydrogen-bond donors (Lipinski definition) is 1. The van der Waals surface area contributed by atoms with Gasteiger partial charge in [0.25, 0.3) is 11.1 Å². The second-order valence-corrected chi connectivity index (χ2v) is 10.3. The molecule has 3 aromatic rings. The molecule has 0 saturated carbocycles. The molecule has 2 aromatic carbocycles. The molecule has 0 aliphatic carbocycles. The molecule has 1 N–H and O–H groups in total. The maximum Gasteiger partial charge on any atom is 0.416 e. The molecule has 11 heteroatoms. The SMILES string of the molecule is Cc1cc(/C=C2\SC(=O)N(CC(=O)Nc3ccc(I)cc3)C2=O)c(C)n1-c1cccc(C(F)(F)F)c1. The van der Waals surface area contributed by atoms with Crippen molar-refractivity contribution in [1.29, 1.82) is 0 Å². The van der Waals surface area contributed by atoms with Crippen molar-refractivity contribution < 1.29 is 27.6 Å². The lowest BCUT2D eigenvalue weighted by Crippen LogP contribution is -2.36. The van der Waals surface area contributed by atoms with Gasteiger partial charge in [0.15, 0.2) is 0 Å². The Bertz CT molecular complexity index is 1400. The summed E-state index contributed by atoms with van der Waals surface area (Å²) in [6.45, 7) is 3.03. The molecule has 0 spiro atoms. The highest BCUT2D eigenvalue weighted by Gasteiger charge is 2.36. The minimum Gasteiger partial charge on any atom is -0.325 e. The second-order valence-electron chi connectivity index (χ2n) is 8.03. The number of alkyl halides is 3. The minimum absolute atomic E-state index is 0.131. The molecule has 0 atom stereocenters. The van der Waals surface area contributed by atoms with Crippen molar-refractivity contribution in [2.45, 2.75) is 20.0 Å². The molecule has 1 aromatic heterocycles. The Morgan fingerprint density at radius 3 is 2.44 bits per heavy atom. The summed E-state index contributed by atoms with van der Waals surface area (Å²) in [5, 5.41) is 2.08. The number of nitrogens with zero attached hydrogens (tertiary/aromatic N) is 2. The highest BCUT2D eigenvalue weighted by atomic mass is 127. The third kappa shape index (κ3) is 5.51. The number of nitrogens with one attached hydrogen (secondary N) is 1. The molecule has 1 fully saturated rings. The summed E-state index contributed by atoms with van der Waals surface area (Å²) in [4.78, 5) is 38.7. The summed E-state index contributed by atoms with van der Waals surface area (Å²) in [6, 6.07) is 13.8. The molecule has 1 aliphatic rings. The van der Waals surface area contributed by atoms with E-state index in [2.05, 4.69) is 27.9 Å². The van der Waals surface area contributed by atoms with Crippen LogP contribution in [-0.4, -0.2) is 33.1 Å². The van der Waals surface area contributed by atoms with Gasteiger partial charge in [-0.25, -0.2) is 0 Å². The predicted octanol–water partition coefficient (Wildman–Crippen LogP) is 6.39. The Morgan fingerprint density at radius 2 is 1.78 bits per heavy atom. The zero-order chi connectivity index (χ0) is 26.2. The lowest BCUT2D eigenvalue weighted by Gasteiger charge is -2.13. The number of anilines is 1. The first-order valence-corrected chi connectivity index (χ1v) is 12.5. The van der Waals surface area contributed by atoms with Crippen LogP contribution < -0.4 is 5.32 Å². The monoisotopic (exact) mass is 625 g/mol. The van der Waals surface area contributed by atoms with Gasteiger partial charge in [0.05, 0.1) is 10.5 Å². The molecule has 36 heavy (non-hydrogen) atoms. The highest BCUT2D eigenvalue weighted by Crippen LogP contribution is 2.35. The van der Waals surface area contributed by atoms with Crippen LogP contribution in [0.3, 0.4) is 0 Å². The van der Waals surface area contributed by atoms with Crippen LogP contribution in [-0.2, 0) is 15.8 Å². The van der Waals surface area contributed by atoms with Gasteiger partial charge in [0.2, 0.25) is 5.91 Å². The summed E-state index contributed by atoms with van der Waals surface area (Å²) in [7, 11) is 0. The Labute approximate surface area is 222 Å². The maximum absolute atomic E-state index is 13.2. The van der Waals surface area contributed by atoms with Gasteiger partial charge in [0.1, 0.15) is 6.54 Å². The number of carbonyl (C=O) groups is 3. The van der Waals surface area contributed by atoms with E-state index in [0.29, 0.717) is 40.1 Å². The van der Waals surface area contributed by atoms with Crippen molar-refractivity contribution in [3.8, 4) is 5.69 Å². The quantitative estimate of drug-likeness (QED) is 0.264. The molecule has 3 amide bonds. The van der Waals surface area contributed by atoms with Crippen molar-refractivity contribution in [2.75, 3.05) is 11.9 Å². The van der Waals surface area contributed by atoms with Gasteiger partial charge in [-0.3, -0.25) is 19.3 Å². The molecule has 0 unspecified atom stereocenters. The van der Waals surface area contributed by atoms with E-state index in [0.717, 1.165) is 20.6 Å². The van der Waals surface area contributed by atoms with Crippen molar-refractivity contribution >= 4 is 63.2 Å². The van der Waals surface area contributed by atoms with Gasteiger partial charge < -0.3 is 9.88 Å². The molecule has 6 nitrogen and oxygen atoms in total.